The number of esters is 2. The number of hydrogen-bond donors (Lipinski definition) is 1. The lowest BCUT2D eigenvalue weighted by molar-refractivity contribution is -0.151. The third kappa shape index (κ3) is 3.74. The molecule has 0 radical (unpaired) electrons. The summed E-state index contributed by atoms with van der Waals surface area (Å²) >= 11 is 5.83. The first-order chi connectivity index (χ1) is 14.2. The molecule has 3 atom stereocenters. The van der Waals surface area contributed by atoms with E-state index in [9.17, 15) is 18.8 Å². The number of rotatable bonds is 4. The molecule has 1 aromatic rings. The van der Waals surface area contributed by atoms with Crippen LogP contribution >= 0.6 is 11.6 Å². The molecule has 1 aromatic carbocycles. The van der Waals surface area contributed by atoms with E-state index in [1.54, 1.807) is 26.8 Å². The van der Waals surface area contributed by atoms with Crippen molar-refractivity contribution in [2.45, 2.75) is 33.1 Å². The van der Waals surface area contributed by atoms with Crippen LogP contribution in [0.15, 0.2) is 40.7 Å². The molecule has 1 N–H and O–H groups in total. The van der Waals surface area contributed by atoms with Crippen LogP contribution in [0.3, 0.4) is 0 Å². The lowest BCUT2D eigenvalue weighted by Crippen LogP contribution is -2.43. The third-order valence-electron chi connectivity index (χ3n) is 5.52. The van der Waals surface area contributed by atoms with Crippen molar-refractivity contribution < 1.29 is 28.2 Å². The average molecular weight is 436 g/mol. The van der Waals surface area contributed by atoms with E-state index in [0.29, 0.717) is 23.4 Å². The zero-order valence-electron chi connectivity index (χ0n) is 17.2. The Hall–Kier alpha value is -2.67. The second-order valence-corrected chi connectivity index (χ2v) is 7.84. The Balaban J connectivity index is 2.21. The van der Waals surface area contributed by atoms with Gasteiger partial charge in [0, 0.05) is 22.9 Å². The number of carbonyl (C=O) groups is 3. The summed E-state index contributed by atoms with van der Waals surface area (Å²) in [5.41, 5.74) is 1.95. The number of allylic oxidation sites excluding steroid dienone is 3. The predicted octanol–water partition coefficient (Wildman–Crippen LogP) is 3.66. The summed E-state index contributed by atoms with van der Waals surface area (Å²) in [5.74, 6) is -4.55. The Bertz CT molecular complexity index is 984. The average Bonchev–Trinajstić information content (AvgIpc) is 2.68. The Morgan fingerprint density at radius 2 is 2.03 bits per heavy atom. The number of methoxy groups -OCH3 is 1. The van der Waals surface area contributed by atoms with Gasteiger partial charge in [-0.25, -0.2) is 9.18 Å². The van der Waals surface area contributed by atoms with Crippen molar-refractivity contribution in [1.82, 2.24) is 5.32 Å². The molecule has 0 amide bonds. The highest BCUT2D eigenvalue weighted by atomic mass is 35.5. The zero-order chi connectivity index (χ0) is 22.2. The number of ketones is 1. The Morgan fingerprint density at radius 3 is 2.63 bits per heavy atom. The van der Waals surface area contributed by atoms with E-state index in [4.69, 9.17) is 21.1 Å². The summed E-state index contributed by atoms with van der Waals surface area (Å²) in [4.78, 5) is 38.6. The molecule has 1 aliphatic heterocycles. The van der Waals surface area contributed by atoms with Gasteiger partial charge in [0.15, 0.2) is 5.78 Å². The van der Waals surface area contributed by atoms with E-state index in [1.807, 2.05) is 0 Å². The second kappa shape index (κ2) is 8.60. The molecule has 0 saturated heterocycles. The van der Waals surface area contributed by atoms with Crippen LogP contribution in [0.1, 0.15) is 38.7 Å². The number of nitrogens with one attached hydrogen (secondary N) is 1. The zero-order valence-corrected chi connectivity index (χ0v) is 17.9. The molecule has 8 heteroatoms. The topological polar surface area (TPSA) is 81.7 Å². The number of hydrogen-bond acceptors (Lipinski definition) is 6. The van der Waals surface area contributed by atoms with Crippen molar-refractivity contribution >= 4 is 29.3 Å². The SMILES string of the molecule is CCOC(=O)C1=C(C)NC2=C(C(=O)[C@H](C(=O)OC)[C@@H](C)C2)[C@H]1c1ccc(Cl)c(F)c1. The maximum atomic E-state index is 14.3. The van der Waals surface area contributed by atoms with Gasteiger partial charge in [-0.05, 0) is 43.9 Å². The van der Waals surface area contributed by atoms with Crippen molar-refractivity contribution in [1.29, 1.82) is 0 Å². The van der Waals surface area contributed by atoms with Gasteiger partial charge in [-0.2, -0.15) is 0 Å². The maximum Gasteiger partial charge on any atom is 0.336 e. The van der Waals surface area contributed by atoms with Crippen LogP contribution in [0, 0.1) is 17.7 Å². The fraction of sp³-hybridized carbons (Fsp3) is 0.409. The molecule has 1 aliphatic carbocycles. The molecule has 0 aromatic heterocycles. The maximum absolute atomic E-state index is 14.3. The van der Waals surface area contributed by atoms with Crippen LogP contribution in [0.5, 0.6) is 0 Å². The molecule has 30 heavy (non-hydrogen) atoms. The van der Waals surface area contributed by atoms with Crippen LogP contribution in [0.2, 0.25) is 5.02 Å². The Morgan fingerprint density at radius 1 is 1.33 bits per heavy atom. The highest BCUT2D eigenvalue weighted by molar-refractivity contribution is 6.30. The van der Waals surface area contributed by atoms with Gasteiger partial charge in [0.25, 0.3) is 0 Å². The molecule has 0 bridgehead atoms. The molecule has 0 saturated carbocycles. The molecule has 3 rings (SSSR count). The molecular formula is C22H23ClFNO5. The van der Waals surface area contributed by atoms with Crippen molar-refractivity contribution in [2.24, 2.45) is 11.8 Å². The van der Waals surface area contributed by atoms with Gasteiger partial charge in [-0.1, -0.05) is 24.6 Å². The Labute approximate surface area is 179 Å². The van der Waals surface area contributed by atoms with Crippen molar-refractivity contribution in [3.8, 4) is 0 Å². The number of ether oxygens (including phenoxy) is 2. The van der Waals surface area contributed by atoms with Crippen LogP contribution in [0.25, 0.3) is 0 Å². The minimum Gasteiger partial charge on any atom is -0.468 e. The number of carbonyl (C=O) groups excluding carboxylic acids is 3. The quantitative estimate of drug-likeness (QED) is 0.574. The lowest BCUT2D eigenvalue weighted by atomic mass is 9.69. The molecule has 0 unspecified atom stereocenters. The first-order valence-corrected chi connectivity index (χ1v) is 10.0. The summed E-state index contributed by atoms with van der Waals surface area (Å²) in [5, 5.41) is 3.06. The monoisotopic (exact) mass is 435 g/mol. The molecule has 0 spiro atoms. The van der Waals surface area contributed by atoms with Crippen LogP contribution < -0.4 is 5.32 Å². The third-order valence-corrected chi connectivity index (χ3v) is 5.82. The molecule has 2 aliphatic rings. The van der Waals surface area contributed by atoms with Crippen LogP contribution in [-0.4, -0.2) is 31.4 Å². The van der Waals surface area contributed by atoms with Gasteiger partial charge in [0.2, 0.25) is 0 Å². The molecule has 0 fully saturated rings. The fourth-order valence-electron chi connectivity index (χ4n) is 4.19. The van der Waals surface area contributed by atoms with Gasteiger partial charge in [0.1, 0.15) is 11.7 Å². The number of halogens is 2. The fourth-order valence-corrected chi connectivity index (χ4v) is 4.30. The van der Waals surface area contributed by atoms with E-state index < -0.39 is 35.4 Å². The van der Waals surface area contributed by atoms with Gasteiger partial charge in [-0.3, -0.25) is 9.59 Å². The van der Waals surface area contributed by atoms with E-state index in [2.05, 4.69) is 5.32 Å². The highest BCUT2D eigenvalue weighted by Crippen LogP contribution is 2.45. The van der Waals surface area contributed by atoms with Crippen molar-refractivity contribution in [3.63, 3.8) is 0 Å². The van der Waals surface area contributed by atoms with Gasteiger partial charge < -0.3 is 14.8 Å². The summed E-state index contributed by atoms with van der Waals surface area (Å²) in [6.07, 6.45) is 0.404. The number of benzene rings is 1. The van der Waals surface area contributed by atoms with E-state index >= 15 is 0 Å². The Kier molecular flexibility index (Phi) is 6.31. The van der Waals surface area contributed by atoms with Gasteiger partial charge >= 0.3 is 11.9 Å². The summed E-state index contributed by atoms with van der Waals surface area (Å²) < 4.78 is 24.3. The minimum absolute atomic E-state index is 0.0729. The molecule has 1 heterocycles. The summed E-state index contributed by atoms with van der Waals surface area (Å²) in [7, 11) is 1.23. The highest BCUT2D eigenvalue weighted by Gasteiger charge is 2.47. The molecule has 6 nitrogen and oxygen atoms in total. The smallest absolute Gasteiger partial charge is 0.336 e. The molecular weight excluding hydrogens is 413 g/mol. The number of dihydropyridines is 1. The van der Waals surface area contributed by atoms with Crippen molar-refractivity contribution in [3.05, 3.63) is 57.1 Å². The first kappa shape index (κ1) is 22.0. The van der Waals surface area contributed by atoms with Crippen molar-refractivity contribution in [2.75, 3.05) is 13.7 Å². The van der Waals surface area contributed by atoms with E-state index in [-0.39, 0.29) is 28.7 Å². The van der Waals surface area contributed by atoms with E-state index in [1.165, 1.54) is 19.2 Å². The minimum atomic E-state index is -1.00. The van der Waals surface area contributed by atoms with Crippen LogP contribution in [-0.2, 0) is 23.9 Å². The number of Topliss-reactive ketones (excluding diaryl/α,β-unsaturated/α-hetero) is 1. The first-order valence-electron chi connectivity index (χ1n) is 9.66. The summed E-state index contributed by atoms with van der Waals surface area (Å²) in [6, 6.07) is 4.14. The van der Waals surface area contributed by atoms with Gasteiger partial charge in [-0.15, -0.1) is 0 Å². The summed E-state index contributed by atoms with van der Waals surface area (Å²) in [6.45, 7) is 5.31. The van der Waals surface area contributed by atoms with Gasteiger partial charge in [0.05, 0.1) is 24.3 Å². The normalized spacial score (nSPS) is 23.7. The molecule has 160 valence electrons. The second-order valence-electron chi connectivity index (χ2n) is 7.43. The van der Waals surface area contributed by atoms with Crippen LogP contribution in [0.4, 0.5) is 4.39 Å². The van der Waals surface area contributed by atoms with E-state index in [0.717, 1.165) is 0 Å². The lowest BCUT2D eigenvalue weighted by Gasteiger charge is -2.38. The predicted molar refractivity (Wildman–Crippen MR) is 108 cm³/mol. The standard InChI is InChI=1S/C22H23ClFNO5/c1-5-30-22(28)17-11(3)25-15-8-10(2)16(21(27)29-4)20(26)19(15)18(17)12-6-7-13(23)14(24)9-12/h6-7,9-10,16,18,25H,5,8H2,1-4H3/t10-,16+,18-/m0/s1. The largest absolute Gasteiger partial charge is 0.468 e.